The highest BCUT2D eigenvalue weighted by Crippen LogP contribution is 2.28. The van der Waals surface area contributed by atoms with Crippen molar-refractivity contribution in [2.75, 3.05) is 12.0 Å². The summed E-state index contributed by atoms with van der Waals surface area (Å²) in [7, 11) is 0. The first-order valence-corrected chi connectivity index (χ1v) is 4.70. The van der Waals surface area contributed by atoms with Gasteiger partial charge in [-0.3, -0.25) is 0 Å². The first-order valence-electron chi connectivity index (χ1n) is 3.90. The van der Waals surface area contributed by atoms with Gasteiger partial charge >= 0.3 is 0 Å². The van der Waals surface area contributed by atoms with Gasteiger partial charge in [-0.05, 0) is 24.1 Å². The van der Waals surface area contributed by atoms with Crippen molar-refractivity contribution >= 4 is 21.6 Å². The Morgan fingerprint density at radius 1 is 1.58 bits per heavy atom. The number of hydrogen-bond acceptors (Lipinski definition) is 1. The van der Waals surface area contributed by atoms with Crippen molar-refractivity contribution in [3.63, 3.8) is 0 Å². The third-order valence-corrected chi connectivity index (χ3v) is 2.58. The van der Waals surface area contributed by atoms with Crippen LogP contribution in [0, 0.1) is 0 Å². The molecular weight excluding hydrogens is 221 g/mol. The van der Waals surface area contributed by atoms with Gasteiger partial charge in [0.2, 0.25) is 0 Å². The summed E-state index contributed by atoms with van der Waals surface area (Å²) < 4.78 is 13.3. The van der Waals surface area contributed by atoms with Gasteiger partial charge in [0.05, 0.1) is 6.04 Å². The second kappa shape index (κ2) is 3.05. The van der Waals surface area contributed by atoms with E-state index in [1.165, 1.54) is 5.56 Å². The predicted molar refractivity (Wildman–Crippen MR) is 51.2 cm³/mol. The first kappa shape index (κ1) is 8.05. The summed E-state index contributed by atoms with van der Waals surface area (Å²) in [5, 5.41) is 3.12. The van der Waals surface area contributed by atoms with Crippen LogP contribution in [0.5, 0.6) is 0 Å². The van der Waals surface area contributed by atoms with Crippen LogP contribution in [0.1, 0.15) is 5.56 Å². The van der Waals surface area contributed by atoms with Crippen LogP contribution in [0.3, 0.4) is 0 Å². The van der Waals surface area contributed by atoms with Crippen LogP contribution >= 0.6 is 15.9 Å². The molecule has 0 aromatic heterocycles. The zero-order valence-corrected chi connectivity index (χ0v) is 8.07. The van der Waals surface area contributed by atoms with E-state index in [1.54, 1.807) is 0 Å². The Morgan fingerprint density at radius 2 is 2.42 bits per heavy atom. The Balaban J connectivity index is 2.30. The number of nitrogens with one attached hydrogen (secondary N) is 1. The lowest BCUT2D eigenvalue weighted by atomic mass is 10.1. The molecule has 1 aromatic rings. The molecule has 1 nitrogen and oxygen atoms in total. The molecule has 0 amide bonds. The molecule has 0 spiro atoms. The van der Waals surface area contributed by atoms with Crippen LogP contribution in [0.15, 0.2) is 22.7 Å². The van der Waals surface area contributed by atoms with E-state index >= 15 is 0 Å². The SMILES string of the molecule is FCC1Cc2ccc(Br)cc2N1. The molecule has 0 fully saturated rings. The van der Waals surface area contributed by atoms with Gasteiger partial charge in [0.25, 0.3) is 0 Å². The molecule has 1 heterocycles. The monoisotopic (exact) mass is 229 g/mol. The fourth-order valence-electron chi connectivity index (χ4n) is 1.49. The molecule has 0 radical (unpaired) electrons. The van der Waals surface area contributed by atoms with Gasteiger partial charge in [-0.25, -0.2) is 4.39 Å². The molecule has 64 valence electrons. The summed E-state index contributed by atoms with van der Waals surface area (Å²) in [5.41, 5.74) is 2.27. The fourth-order valence-corrected chi connectivity index (χ4v) is 1.85. The third-order valence-electron chi connectivity index (χ3n) is 2.08. The second-order valence-corrected chi connectivity index (χ2v) is 3.92. The van der Waals surface area contributed by atoms with Crippen LogP contribution in [0.4, 0.5) is 10.1 Å². The molecule has 1 aliphatic heterocycles. The van der Waals surface area contributed by atoms with Crippen LogP contribution in [0.2, 0.25) is 0 Å². The van der Waals surface area contributed by atoms with E-state index in [2.05, 4.69) is 21.2 Å². The molecule has 2 rings (SSSR count). The van der Waals surface area contributed by atoms with Gasteiger partial charge in [0, 0.05) is 10.2 Å². The van der Waals surface area contributed by atoms with Crippen molar-refractivity contribution in [3.05, 3.63) is 28.2 Å². The number of anilines is 1. The molecule has 0 saturated heterocycles. The summed E-state index contributed by atoms with van der Waals surface area (Å²) in [4.78, 5) is 0. The van der Waals surface area contributed by atoms with Crippen molar-refractivity contribution < 1.29 is 4.39 Å². The highest BCUT2D eigenvalue weighted by Gasteiger charge is 2.19. The zero-order chi connectivity index (χ0) is 8.55. The lowest BCUT2D eigenvalue weighted by molar-refractivity contribution is 0.450. The lowest BCUT2D eigenvalue weighted by Gasteiger charge is -2.03. The highest BCUT2D eigenvalue weighted by molar-refractivity contribution is 9.10. The molecule has 1 unspecified atom stereocenters. The van der Waals surface area contributed by atoms with E-state index in [-0.39, 0.29) is 12.7 Å². The Kier molecular flexibility index (Phi) is 2.05. The van der Waals surface area contributed by atoms with Crippen LogP contribution in [-0.2, 0) is 6.42 Å². The largest absolute Gasteiger partial charge is 0.379 e. The molecule has 0 saturated carbocycles. The predicted octanol–water partition coefficient (Wildman–Crippen LogP) is 2.76. The summed E-state index contributed by atoms with van der Waals surface area (Å²) >= 11 is 3.37. The van der Waals surface area contributed by atoms with Gasteiger partial charge in [0.1, 0.15) is 6.67 Å². The number of benzene rings is 1. The van der Waals surface area contributed by atoms with Crippen LogP contribution in [-0.4, -0.2) is 12.7 Å². The minimum atomic E-state index is -0.299. The number of halogens is 2. The van der Waals surface area contributed by atoms with Gasteiger partial charge in [-0.1, -0.05) is 22.0 Å². The highest BCUT2D eigenvalue weighted by atomic mass is 79.9. The van der Waals surface area contributed by atoms with Gasteiger partial charge in [-0.2, -0.15) is 0 Å². The van der Waals surface area contributed by atoms with Crippen molar-refractivity contribution in [2.45, 2.75) is 12.5 Å². The van der Waals surface area contributed by atoms with Crippen LogP contribution < -0.4 is 5.32 Å². The van der Waals surface area contributed by atoms with Crippen LogP contribution in [0.25, 0.3) is 0 Å². The van der Waals surface area contributed by atoms with Crippen molar-refractivity contribution in [1.29, 1.82) is 0 Å². The maximum Gasteiger partial charge on any atom is 0.110 e. The number of rotatable bonds is 1. The smallest absolute Gasteiger partial charge is 0.110 e. The normalized spacial score (nSPS) is 20.3. The maximum absolute atomic E-state index is 12.3. The average molecular weight is 230 g/mol. The van der Waals surface area contributed by atoms with E-state index in [9.17, 15) is 4.39 Å². The topological polar surface area (TPSA) is 12.0 Å². The van der Waals surface area contributed by atoms with Gasteiger partial charge < -0.3 is 5.32 Å². The molecule has 12 heavy (non-hydrogen) atoms. The standard InChI is InChI=1S/C9H9BrFN/c10-7-2-1-6-3-8(5-11)12-9(6)4-7/h1-2,4,8,12H,3,5H2. The molecule has 1 aromatic carbocycles. The first-order chi connectivity index (χ1) is 5.79. The number of alkyl halides is 1. The fraction of sp³-hybridized carbons (Fsp3) is 0.333. The third kappa shape index (κ3) is 1.33. The Labute approximate surface area is 79.1 Å². The van der Waals surface area contributed by atoms with E-state index in [1.807, 2.05) is 18.2 Å². The summed E-state index contributed by atoms with van der Waals surface area (Å²) in [6.07, 6.45) is 0.805. The molecule has 3 heteroatoms. The summed E-state index contributed by atoms with van der Waals surface area (Å²) in [5.74, 6) is 0. The van der Waals surface area contributed by atoms with E-state index < -0.39 is 0 Å². The van der Waals surface area contributed by atoms with Crippen molar-refractivity contribution in [1.82, 2.24) is 0 Å². The van der Waals surface area contributed by atoms with Crippen molar-refractivity contribution in [2.24, 2.45) is 0 Å². The lowest BCUT2D eigenvalue weighted by Crippen LogP contribution is -2.17. The van der Waals surface area contributed by atoms with E-state index in [0.29, 0.717) is 0 Å². The number of hydrogen-bond donors (Lipinski definition) is 1. The average Bonchev–Trinajstić information content (AvgIpc) is 2.46. The molecule has 0 bridgehead atoms. The summed E-state index contributed by atoms with van der Waals surface area (Å²) in [6, 6.07) is 5.99. The maximum atomic E-state index is 12.3. The Bertz CT molecular complexity index is 301. The van der Waals surface area contributed by atoms with E-state index in [4.69, 9.17) is 0 Å². The second-order valence-electron chi connectivity index (χ2n) is 3.00. The van der Waals surface area contributed by atoms with E-state index in [0.717, 1.165) is 16.6 Å². The molecule has 1 aliphatic rings. The Morgan fingerprint density at radius 3 is 3.17 bits per heavy atom. The molecular formula is C9H9BrFN. The Hall–Kier alpha value is -0.570. The minimum absolute atomic E-state index is 0.0192. The van der Waals surface area contributed by atoms with Gasteiger partial charge in [0.15, 0.2) is 0 Å². The van der Waals surface area contributed by atoms with Crippen molar-refractivity contribution in [3.8, 4) is 0 Å². The molecule has 1 N–H and O–H groups in total. The molecule has 0 aliphatic carbocycles. The molecule has 1 atom stereocenters. The minimum Gasteiger partial charge on any atom is -0.379 e. The summed E-state index contributed by atoms with van der Waals surface area (Å²) in [6.45, 7) is -0.299. The van der Waals surface area contributed by atoms with Gasteiger partial charge in [-0.15, -0.1) is 0 Å². The quantitative estimate of drug-likeness (QED) is 0.782. The number of fused-ring (bicyclic) bond motifs is 1. The zero-order valence-electron chi connectivity index (χ0n) is 6.48.